The third-order valence-corrected chi connectivity index (χ3v) is 4.00. The summed E-state index contributed by atoms with van der Waals surface area (Å²) in [6.45, 7) is 3.46. The van der Waals surface area contributed by atoms with Gasteiger partial charge in [0.15, 0.2) is 0 Å². The lowest BCUT2D eigenvalue weighted by atomic mass is 9.97. The van der Waals surface area contributed by atoms with Crippen LogP contribution in [0.3, 0.4) is 0 Å². The molecule has 1 heterocycles. The van der Waals surface area contributed by atoms with Gasteiger partial charge in [0.25, 0.3) is 0 Å². The Morgan fingerprint density at radius 1 is 1.36 bits per heavy atom. The summed E-state index contributed by atoms with van der Waals surface area (Å²) in [4.78, 5) is 24.9. The van der Waals surface area contributed by atoms with Crippen molar-refractivity contribution in [1.29, 1.82) is 0 Å². The second-order valence-electron chi connectivity index (χ2n) is 5.40. The molecule has 2 rings (SSSR count). The molecule has 0 unspecified atom stereocenters. The number of carbonyl (C=O) groups excluding carboxylic acids is 1. The van der Waals surface area contributed by atoms with Crippen LogP contribution in [0.25, 0.3) is 0 Å². The van der Waals surface area contributed by atoms with E-state index >= 15 is 0 Å². The smallest absolute Gasteiger partial charge is 0.306 e. The molecule has 1 aromatic rings. The number of amides is 1. The first-order valence-corrected chi connectivity index (χ1v) is 7.34. The van der Waals surface area contributed by atoms with Gasteiger partial charge in [0.2, 0.25) is 5.91 Å². The highest BCUT2D eigenvalue weighted by molar-refractivity contribution is 6.30. The van der Waals surface area contributed by atoms with E-state index in [9.17, 15) is 9.59 Å². The molecule has 0 saturated carbocycles. The van der Waals surface area contributed by atoms with E-state index in [0.29, 0.717) is 31.0 Å². The molecule has 1 amide bonds. The lowest BCUT2D eigenvalue weighted by Crippen LogP contribution is -2.40. The van der Waals surface area contributed by atoms with E-state index in [1.165, 1.54) is 0 Å². The van der Waals surface area contributed by atoms with Crippen LogP contribution in [0.15, 0.2) is 18.2 Å². The van der Waals surface area contributed by atoms with Crippen molar-refractivity contribution < 1.29 is 14.7 Å². The number of nitrogens with one attached hydrogen (secondary N) is 1. The molecule has 0 radical (unpaired) electrons. The van der Waals surface area contributed by atoms with Gasteiger partial charge in [-0.1, -0.05) is 11.6 Å². The van der Waals surface area contributed by atoms with Crippen molar-refractivity contribution in [1.82, 2.24) is 4.90 Å². The maximum atomic E-state index is 12.0. The number of anilines is 1. The molecule has 22 heavy (non-hydrogen) atoms. The highest BCUT2D eigenvalue weighted by Crippen LogP contribution is 2.20. The van der Waals surface area contributed by atoms with Gasteiger partial charge in [-0.3, -0.25) is 14.5 Å². The lowest BCUT2D eigenvalue weighted by molar-refractivity contribution is -0.143. The molecule has 0 bridgehead atoms. The van der Waals surface area contributed by atoms with Crippen LogP contribution in [0.2, 0.25) is 5.02 Å². The summed E-state index contributed by atoms with van der Waals surface area (Å²) in [5.74, 6) is -1.10. The third kappa shape index (κ3) is 5.16. The Balaban J connectivity index is 0.00000242. The molecule has 122 valence electrons. The number of carboxylic acid groups (broad SMARTS) is 1. The SMILES string of the molecule is Cc1cc(Cl)ccc1NC(=O)CN1CCC(C(=O)O)CC1.Cl. The topological polar surface area (TPSA) is 69.6 Å². The van der Waals surface area contributed by atoms with Crippen LogP contribution in [-0.4, -0.2) is 41.5 Å². The Kier molecular flexibility index (Phi) is 7.13. The molecule has 1 aromatic carbocycles. The average Bonchev–Trinajstić information content (AvgIpc) is 2.42. The van der Waals surface area contributed by atoms with Gasteiger partial charge in [-0.15, -0.1) is 12.4 Å². The number of nitrogens with zero attached hydrogens (tertiary/aromatic N) is 1. The van der Waals surface area contributed by atoms with E-state index < -0.39 is 5.97 Å². The number of carbonyl (C=O) groups is 2. The van der Waals surface area contributed by atoms with Gasteiger partial charge in [-0.2, -0.15) is 0 Å². The van der Waals surface area contributed by atoms with E-state index in [1.807, 2.05) is 11.8 Å². The van der Waals surface area contributed by atoms with Gasteiger partial charge >= 0.3 is 5.97 Å². The van der Waals surface area contributed by atoms with Crippen LogP contribution in [0, 0.1) is 12.8 Å². The summed E-state index contributed by atoms with van der Waals surface area (Å²) >= 11 is 5.88. The first-order chi connectivity index (χ1) is 9.95. The molecule has 1 aliphatic rings. The number of aryl methyl sites for hydroxylation is 1. The minimum atomic E-state index is -0.740. The third-order valence-electron chi connectivity index (χ3n) is 3.77. The van der Waals surface area contributed by atoms with Gasteiger partial charge in [-0.25, -0.2) is 0 Å². The Hall–Kier alpha value is -1.30. The largest absolute Gasteiger partial charge is 0.481 e. The van der Waals surface area contributed by atoms with Crippen molar-refractivity contribution in [3.8, 4) is 0 Å². The second-order valence-corrected chi connectivity index (χ2v) is 5.83. The number of rotatable bonds is 4. The maximum Gasteiger partial charge on any atom is 0.306 e. The number of halogens is 2. The molecule has 1 saturated heterocycles. The van der Waals surface area contributed by atoms with Gasteiger partial charge in [-0.05, 0) is 56.6 Å². The summed E-state index contributed by atoms with van der Waals surface area (Å²) < 4.78 is 0. The van der Waals surface area contributed by atoms with E-state index in [2.05, 4.69) is 5.32 Å². The molecule has 2 N–H and O–H groups in total. The fraction of sp³-hybridized carbons (Fsp3) is 0.467. The maximum absolute atomic E-state index is 12.0. The fourth-order valence-corrected chi connectivity index (χ4v) is 2.72. The summed E-state index contributed by atoms with van der Waals surface area (Å²) in [6, 6.07) is 5.32. The Bertz CT molecular complexity index is 544. The molecular weight excluding hydrogens is 327 g/mol. The molecule has 0 atom stereocenters. The van der Waals surface area contributed by atoms with Gasteiger partial charge in [0.1, 0.15) is 0 Å². The second kappa shape index (κ2) is 8.36. The van der Waals surface area contributed by atoms with Crippen molar-refractivity contribution >= 4 is 41.6 Å². The molecule has 0 aliphatic carbocycles. The predicted molar refractivity (Wildman–Crippen MR) is 88.9 cm³/mol. The first kappa shape index (κ1) is 18.7. The number of hydrogen-bond acceptors (Lipinski definition) is 3. The summed E-state index contributed by atoms with van der Waals surface area (Å²) in [6.07, 6.45) is 1.20. The van der Waals surface area contributed by atoms with Crippen LogP contribution < -0.4 is 5.32 Å². The number of carboxylic acids is 1. The Morgan fingerprint density at radius 3 is 2.55 bits per heavy atom. The predicted octanol–water partition coefficient (Wildman–Crippen LogP) is 2.81. The van der Waals surface area contributed by atoms with Crippen LogP contribution in [-0.2, 0) is 9.59 Å². The number of hydrogen-bond donors (Lipinski definition) is 2. The lowest BCUT2D eigenvalue weighted by Gasteiger charge is -2.29. The summed E-state index contributed by atoms with van der Waals surface area (Å²) in [7, 11) is 0. The molecule has 0 aromatic heterocycles. The monoisotopic (exact) mass is 346 g/mol. The number of likely N-dealkylation sites (tertiary alicyclic amines) is 1. The van der Waals surface area contributed by atoms with Gasteiger partial charge in [0, 0.05) is 10.7 Å². The zero-order valence-electron chi connectivity index (χ0n) is 12.3. The highest BCUT2D eigenvalue weighted by atomic mass is 35.5. The highest BCUT2D eigenvalue weighted by Gasteiger charge is 2.25. The standard InChI is InChI=1S/C15H19ClN2O3.ClH/c1-10-8-12(16)2-3-13(10)17-14(19)9-18-6-4-11(5-7-18)15(20)21;/h2-3,8,11H,4-7,9H2,1H3,(H,17,19)(H,20,21);1H. The normalized spacial score (nSPS) is 15.9. The average molecular weight is 347 g/mol. The summed E-state index contributed by atoms with van der Waals surface area (Å²) in [5, 5.41) is 12.4. The van der Waals surface area contributed by atoms with Crippen molar-refractivity contribution in [2.75, 3.05) is 25.0 Å². The van der Waals surface area contributed by atoms with Crippen molar-refractivity contribution in [2.45, 2.75) is 19.8 Å². The zero-order valence-corrected chi connectivity index (χ0v) is 13.9. The first-order valence-electron chi connectivity index (χ1n) is 6.97. The fourth-order valence-electron chi connectivity index (χ4n) is 2.50. The van der Waals surface area contributed by atoms with E-state index in [0.717, 1.165) is 11.3 Å². The summed E-state index contributed by atoms with van der Waals surface area (Å²) in [5.41, 5.74) is 1.67. The van der Waals surface area contributed by atoms with Gasteiger partial charge < -0.3 is 10.4 Å². The van der Waals surface area contributed by atoms with Crippen LogP contribution in [0.1, 0.15) is 18.4 Å². The van der Waals surface area contributed by atoms with Crippen molar-refractivity contribution in [3.05, 3.63) is 28.8 Å². The van der Waals surface area contributed by atoms with Crippen LogP contribution in [0.4, 0.5) is 5.69 Å². The minimum absolute atomic E-state index is 0. The minimum Gasteiger partial charge on any atom is -0.481 e. The van der Waals surface area contributed by atoms with Crippen LogP contribution >= 0.6 is 24.0 Å². The number of piperidine rings is 1. The van der Waals surface area contributed by atoms with Crippen LogP contribution in [0.5, 0.6) is 0 Å². The zero-order chi connectivity index (χ0) is 15.4. The molecule has 7 heteroatoms. The molecule has 0 spiro atoms. The molecule has 5 nitrogen and oxygen atoms in total. The molecule has 1 aliphatic heterocycles. The van der Waals surface area contributed by atoms with Crippen molar-refractivity contribution in [2.24, 2.45) is 5.92 Å². The Labute approximate surface area is 141 Å². The van der Waals surface area contributed by atoms with E-state index in [-0.39, 0.29) is 30.8 Å². The van der Waals surface area contributed by atoms with E-state index in [4.69, 9.17) is 16.7 Å². The Morgan fingerprint density at radius 2 is 2.00 bits per heavy atom. The number of aliphatic carboxylic acids is 1. The van der Waals surface area contributed by atoms with E-state index in [1.54, 1.807) is 18.2 Å². The quantitative estimate of drug-likeness (QED) is 0.879. The molecule has 1 fully saturated rings. The molecular formula is C15H20Cl2N2O3. The van der Waals surface area contributed by atoms with Crippen molar-refractivity contribution in [3.63, 3.8) is 0 Å². The van der Waals surface area contributed by atoms with Gasteiger partial charge in [0.05, 0.1) is 12.5 Å². The number of benzene rings is 1.